The average Bonchev–Trinajstić information content (AvgIpc) is 2.14. The van der Waals surface area contributed by atoms with Crippen LogP contribution in [-0.4, -0.2) is 11.1 Å². The van der Waals surface area contributed by atoms with Gasteiger partial charge in [0.05, 0.1) is 0 Å². The second-order valence-corrected chi connectivity index (χ2v) is 3.01. The number of unbranched alkanes of at least 4 members (excludes halogenated alkanes) is 1. The van der Waals surface area contributed by atoms with Crippen LogP contribution >= 0.6 is 0 Å². The van der Waals surface area contributed by atoms with Crippen LogP contribution in [0, 0.1) is 6.07 Å². The molecule has 0 fully saturated rings. The quantitative estimate of drug-likeness (QED) is 0.700. The fourth-order valence-corrected chi connectivity index (χ4v) is 1.19. The zero-order chi connectivity index (χ0) is 9.52. The first-order chi connectivity index (χ1) is 6.29. The normalized spacial score (nSPS) is 9.85. The highest BCUT2D eigenvalue weighted by Gasteiger charge is 1.96. The molecule has 0 aliphatic carbocycles. The molecule has 0 amide bonds. The Labute approximate surface area is 78.2 Å². The van der Waals surface area contributed by atoms with Gasteiger partial charge in [-0.3, -0.25) is 4.79 Å². The Morgan fingerprint density at radius 3 is 2.62 bits per heavy atom. The molecule has 2 heteroatoms. The van der Waals surface area contributed by atoms with E-state index in [1.54, 1.807) is 0 Å². The fraction of sp³-hybridized carbons (Fsp3) is 0.364. The highest BCUT2D eigenvalue weighted by atomic mass is 16.4. The third-order valence-electron chi connectivity index (χ3n) is 1.89. The lowest BCUT2D eigenvalue weighted by Gasteiger charge is -1.98. The largest absolute Gasteiger partial charge is 0.481 e. The van der Waals surface area contributed by atoms with E-state index in [2.05, 4.69) is 6.07 Å². The molecule has 1 aromatic carbocycles. The SMILES string of the molecule is O=C(O)CCCCc1cc[c]cc1. The van der Waals surface area contributed by atoms with Crippen LogP contribution in [0.4, 0.5) is 0 Å². The second kappa shape index (κ2) is 5.36. The van der Waals surface area contributed by atoms with Crippen molar-refractivity contribution in [2.75, 3.05) is 0 Å². The van der Waals surface area contributed by atoms with E-state index in [-0.39, 0.29) is 6.42 Å². The van der Waals surface area contributed by atoms with Gasteiger partial charge in [0.1, 0.15) is 0 Å². The van der Waals surface area contributed by atoms with Crippen LogP contribution in [0.15, 0.2) is 24.3 Å². The molecule has 13 heavy (non-hydrogen) atoms. The van der Waals surface area contributed by atoms with Gasteiger partial charge in [-0.25, -0.2) is 0 Å². The van der Waals surface area contributed by atoms with E-state index < -0.39 is 5.97 Å². The molecule has 1 radical (unpaired) electrons. The number of aryl methyl sites for hydroxylation is 1. The molecule has 0 saturated carbocycles. The Hall–Kier alpha value is -1.31. The summed E-state index contributed by atoms with van der Waals surface area (Å²) >= 11 is 0. The van der Waals surface area contributed by atoms with Crippen LogP contribution < -0.4 is 0 Å². The fourth-order valence-electron chi connectivity index (χ4n) is 1.19. The number of aliphatic carboxylic acids is 1. The molecule has 69 valence electrons. The number of benzene rings is 1. The summed E-state index contributed by atoms with van der Waals surface area (Å²) < 4.78 is 0. The zero-order valence-electron chi connectivity index (χ0n) is 7.49. The number of carbonyl (C=O) groups is 1. The first-order valence-electron chi connectivity index (χ1n) is 4.46. The van der Waals surface area contributed by atoms with Gasteiger partial charge in [-0.05, 0) is 30.9 Å². The van der Waals surface area contributed by atoms with Crippen molar-refractivity contribution in [3.8, 4) is 0 Å². The standard InChI is InChI=1S/C11H13O2/c12-11(13)9-5-4-8-10-6-2-1-3-7-10/h2-3,6-7H,4-5,8-9H2,(H,12,13). The molecule has 1 N–H and O–H groups in total. The minimum absolute atomic E-state index is 0.277. The monoisotopic (exact) mass is 177 g/mol. The Morgan fingerprint density at radius 1 is 1.31 bits per heavy atom. The molecule has 1 rings (SSSR count). The lowest BCUT2D eigenvalue weighted by Crippen LogP contribution is -1.94. The summed E-state index contributed by atoms with van der Waals surface area (Å²) in [6.45, 7) is 0. The molecule has 0 aliphatic heterocycles. The van der Waals surface area contributed by atoms with Crippen LogP contribution in [0.5, 0.6) is 0 Å². The van der Waals surface area contributed by atoms with E-state index >= 15 is 0 Å². The summed E-state index contributed by atoms with van der Waals surface area (Å²) in [6, 6.07) is 10.7. The van der Waals surface area contributed by atoms with E-state index in [1.165, 1.54) is 5.56 Å². The number of hydrogen-bond acceptors (Lipinski definition) is 1. The summed E-state index contributed by atoms with van der Waals surface area (Å²) in [5.74, 6) is -0.707. The summed E-state index contributed by atoms with van der Waals surface area (Å²) in [7, 11) is 0. The van der Waals surface area contributed by atoms with Gasteiger partial charge in [0.15, 0.2) is 0 Å². The second-order valence-electron chi connectivity index (χ2n) is 3.01. The first kappa shape index (κ1) is 9.78. The maximum Gasteiger partial charge on any atom is 0.303 e. The Balaban J connectivity index is 2.17. The third-order valence-corrected chi connectivity index (χ3v) is 1.89. The van der Waals surface area contributed by atoms with Gasteiger partial charge in [0.2, 0.25) is 0 Å². The smallest absolute Gasteiger partial charge is 0.303 e. The molecule has 0 aromatic heterocycles. The predicted octanol–water partition coefficient (Wildman–Crippen LogP) is 2.28. The predicted molar refractivity (Wildman–Crippen MR) is 50.5 cm³/mol. The Kier molecular flexibility index (Phi) is 4.03. The summed E-state index contributed by atoms with van der Waals surface area (Å²) in [5.41, 5.74) is 1.25. The van der Waals surface area contributed by atoms with Crippen molar-refractivity contribution >= 4 is 5.97 Å². The van der Waals surface area contributed by atoms with Gasteiger partial charge < -0.3 is 5.11 Å². The lowest BCUT2D eigenvalue weighted by atomic mass is 10.1. The zero-order valence-corrected chi connectivity index (χ0v) is 7.49. The van der Waals surface area contributed by atoms with Gasteiger partial charge in [0, 0.05) is 6.42 Å². The maximum absolute atomic E-state index is 10.2. The Bertz CT molecular complexity index is 254. The first-order valence-corrected chi connectivity index (χ1v) is 4.46. The molecule has 0 unspecified atom stereocenters. The number of carboxylic acid groups (broad SMARTS) is 1. The van der Waals surface area contributed by atoms with Crippen molar-refractivity contribution < 1.29 is 9.90 Å². The van der Waals surface area contributed by atoms with Gasteiger partial charge in [0.25, 0.3) is 0 Å². The highest BCUT2D eigenvalue weighted by Crippen LogP contribution is 2.05. The van der Waals surface area contributed by atoms with Gasteiger partial charge in [-0.2, -0.15) is 0 Å². The van der Waals surface area contributed by atoms with Crippen molar-refractivity contribution in [1.29, 1.82) is 0 Å². The summed E-state index contributed by atoms with van der Waals surface area (Å²) in [6.07, 6.45) is 2.94. The average molecular weight is 177 g/mol. The minimum atomic E-state index is -0.707. The number of rotatable bonds is 5. The van der Waals surface area contributed by atoms with E-state index in [1.807, 2.05) is 24.3 Å². The molecule has 0 bridgehead atoms. The molecular formula is C11H13O2. The molecule has 0 saturated heterocycles. The van der Waals surface area contributed by atoms with Gasteiger partial charge in [-0.15, -0.1) is 0 Å². The van der Waals surface area contributed by atoms with Crippen LogP contribution in [0.1, 0.15) is 24.8 Å². The van der Waals surface area contributed by atoms with Crippen LogP contribution in [0.25, 0.3) is 0 Å². The minimum Gasteiger partial charge on any atom is -0.481 e. The van der Waals surface area contributed by atoms with Gasteiger partial charge in [-0.1, -0.05) is 24.3 Å². The number of hydrogen-bond donors (Lipinski definition) is 1. The van der Waals surface area contributed by atoms with Crippen molar-refractivity contribution in [3.63, 3.8) is 0 Å². The highest BCUT2D eigenvalue weighted by molar-refractivity contribution is 5.66. The molecule has 0 atom stereocenters. The lowest BCUT2D eigenvalue weighted by molar-refractivity contribution is -0.137. The van der Waals surface area contributed by atoms with Crippen molar-refractivity contribution in [2.24, 2.45) is 0 Å². The van der Waals surface area contributed by atoms with Gasteiger partial charge >= 0.3 is 5.97 Å². The van der Waals surface area contributed by atoms with E-state index in [0.717, 1.165) is 19.3 Å². The molecular weight excluding hydrogens is 164 g/mol. The van der Waals surface area contributed by atoms with E-state index in [0.29, 0.717) is 0 Å². The Morgan fingerprint density at radius 2 is 2.00 bits per heavy atom. The molecule has 0 heterocycles. The summed E-state index contributed by atoms with van der Waals surface area (Å²) in [5, 5.41) is 8.41. The third kappa shape index (κ3) is 4.31. The van der Waals surface area contributed by atoms with Crippen LogP contribution in [0.2, 0.25) is 0 Å². The number of carboxylic acids is 1. The summed E-state index contributed by atoms with van der Waals surface area (Å²) in [4.78, 5) is 10.2. The molecule has 1 aromatic rings. The van der Waals surface area contributed by atoms with Crippen LogP contribution in [0.3, 0.4) is 0 Å². The van der Waals surface area contributed by atoms with E-state index in [4.69, 9.17) is 5.11 Å². The molecule has 0 aliphatic rings. The van der Waals surface area contributed by atoms with Crippen LogP contribution in [-0.2, 0) is 11.2 Å². The van der Waals surface area contributed by atoms with Crippen molar-refractivity contribution in [3.05, 3.63) is 35.9 Å². The molecule has 2 nitrogen and oxygen atoms in total. The topological polar surface area (TPSA) is 37.3 Å². The van der Waals surface area contributed by atoms with Crippen molar-refractivity contribution in [2.45, 2.75) is 25.7 Å². The maximum atomic E-state index is 10.2. The van der Waals surface area contributed by atoms with Crippen molar-refractivity contribution in [1.82, 2.24) is 0 Å². The van der Waals surface area contributed by atoms with E-state index in [9.17, 15) is 4.79 Å². The molecule has 0 spiro atoms.